The number of aryl methyl sites for hydroxylation is 1. The van der Waals surface area contributed by atoms with Crippen molar-refractivity contribution in [1.82, 2.24) is 0 Å². The van der Waals surface area contributed by atoms with Crippen LogP contribution in [0, 0.1) is 11.6 Å². The van der Waals surface area contributed by atoms with Crippen molar-refractivity contribution in [3.8, 4) is 16.9 Å². The highest BCUT2D eigenvalue weighted by molar-refractivity contribution is 5.65. The average Bonchev–Trinajstić information content (AvgIpc) is 2.51. The Kier molecular flexibility index (Phi) is 5.80. The summed E-state index contributed by atoms with van der Waals surface area (Å²) >= 11 is 0. The van der Waals surface area contributed by atoms with Crippen LogP contribution in [0.2, 0.25) is 0 Å². The molecule has 2 aromatic carbocycles. The summed E-state index contributed by atoms with van der Waals surface area (Å²) in [5.74, 6) is -2.31. The van der Waals surface area contributed by atoms with Crippen LogP contribution >= 0.6 is 0 Å². The first kappa shape index (κ1) is 18.2. The van der Waals surface area contributed by atoms with Crippen LogP contribution in [-0.4, -0.2) is 6.36 Å². The molecular weight excluding hydrogens is 327 g/mol. The number of hydrogen-bond acceptors (Lipinski definition) is 1. The van der Waals surface area contributed by atoms with Gasteiger partial charge in [0.15, 0.2) is 11.6 Å². The maximum Gasteiger partial charge on any atom is 0.573 e. The maximum atomic E-state index is 14.2. The minimum Gasteiger partial charge on any atom is -0.406 e. The van der Waals surface area contributed by atoms with Crippen molar-refractivity contribution in [3.05, 3.63) is 53.6 Å². The van der Waals surface area contributed by atoms with Crippen molar-refractivity contribution in [2.24, 2.45) is 0 Å². The van der Waals surface area contributed by atoms with E-state index in [9.17, 15) is 22.0 Å². The van der Waals surface area contributed by atoms with Gasteiger partial charge in [-0.05, 0) is 36.1 Å². The van der Waals surface area contributed by atoms with Crippen molar-refractivity contribution in [3.63, 3.8) is 0 Å². The Morgan fingerprint density at radius 1 is 0.875 bits per heavy atom. The Morgan fingerprint density at radius 2 is 1.54 bits per heavy atom. The summed E-state index contributed by atoms with van der Waals surface area (Å²) in [7, 11) is 0. The van der Waals surface area contributed by atoms with Gasteiger partial charge in [-0.25, -0.2) is 8.78 Å². The van der Waals surface area contributed by atoms with Crippen LogP contribution < -0.4 is 4.74 Å². The summed E-state index contributed by atoms with van der Waals surface area (Å²) in [5.41, 5.74) is 0.591. The molecule has 0 spiro atoms. The van der Waals surface area contributed by atoms with E-state index in [2.05, 4.69) is 4.74 Å². The lowest BCUT2D eigenvalue weighted by Gasteiger charge is -2.11. The highest BCUT2D eigenvalue weighted by Crippen LogP contribution is 2.30. The molecule has 0 bridgehead atoms. The highest BCUT2D eigenvalue weighted by Gasteiger charge is 2.31. The molecule has 0 aliphatic heterocycles. The maximum absolute atomic E-state index is 14.2. The minimum atomic E-state index is -4.79. The number of halogens is 5. The van der Waals surface area contributed by atoms with Crippen LogP contribution in [0.4, 0.5) is 22.0 Å². The number of benzene rings is 2. The van der Waals surface area contributed by atoms with Gasteiger partial charge in [-0.2, -0.15) is 0 Å². The summed E-state index contributed by atoms with van der Waals surface area (Å²) in [5, 5.41) is 0. The van der Waals surface area contributed by atoms with Gasteiger partial charge in [0, 0.05) is 5.56 Å². The molecule has 0 saturated carbocycles. The summed E-state index contributed by atoms with van der Waals surface area (Å²) < 4.78 is 68.5. The van der Waals surface area contributed by atoms with Gasteiger partial charge in [-0.1, -0.05) is 44.0 Å². The largest absolute Gasteiger partial charge is 0.573 e. The third kappa shape index (κ3) is 4.69. The number of ether oxygens (including phenoxy) is 1. The summed E-state index contributed by atoms with van der Waals surface area (Å²) in [6.45, 7) is 2.02. The molecule has 0 saturated heterocycles. The first-order chi connectivity index (χ1) is 11.3. The molecule has 1 nitrogen and oxygen atoms in total. The molecule has 0 aromatic heterocycles. The van der Waals surface area contributed by atoms with Crippen LogP contribution in [0.25, 0.3) is 11.1 Å². The molecule has 0 amide bonds. The zero-order chi connectivity index (χ0) is 17.7. The standard InChI is InChI=1S/C18H17F5O/c1-2-3-4-5-13-8-11-15(17(20)16(13)19)12-6-9-14(10-7-12)24-18(21,22)23/h6-11H,2-5H2,1H3. The molecular formula is C18H17F5O. The molecule has 0 aliphatic carbocycles. The van der Waals surface area contributed by atoms with E-state index in [-0.39, 0.29) is 11.1 Å². The molecule has 0 atom stereocenters. The zero-order valence-electron chi connectivity index (χ0n) is 13.1. The first-order valence-electron chi connectivity index (χ1n) is 7.65. The van der Waals surface area contributed by atoms with E-state index >= 15 is 0 Å². The summed E-state index contributed by atoms with van der Waals surface area (Å²) in [6, 6.07) is 7.61. The average molecular weight is 344 g/mol. The Balaban J connectivity index is 2.21. The normalized spacial score (nSPS) is 11.6. The lowest BCUT2D eigenvalue weighted by Crippen LogP contribution is -2.16. The highest BCUT2D eigenvalue weighted by atomic mass is 19.4. The second-order valence-corrected chi connectivity index (χ2v) is 5.43. The first-order valence-corrected chi connectivity index (χ1v) is 7.65. The van der Waals surface area contributed by atoms with Crippen LogP contribution in [-0.2, 0) is 6.42 Å². The molecule has 2 aromatic rings. The van der Waals surface area contributed by atoms with E-state index < -0.39 is 23.7 Å². The van der Waals surface area contributed by atoms with E-state index in [1.807, 2.05) is 6.92 Å². The number of unbranched alkanes of at least 4 members (excludes halogenated alkanes) is 2. The SMILES string of the molecule is CCCCCc1ccc(-c2ccc(OC(F)(F)F)cc2)c(F)c1F. The molecule has 24 heavy (non-hydrogen) atoms. The van der Waals surface area contributed by atoms with E-state index in [1.165, 1.54) is 24.3 Å². The number of hydrogen-bond donors (Lipinski definition) is 0. The quantitative estimate of drug-likeness (QED) is 0.444. The molecule has 0 fully saturated rings. The lowest BCUT2D eigenvalue weighted by molar-refractivity contribution is -0.274. The van der Waals surface area contributed by atoms with Crippen molar-refractivity contribution >= 4 is 0 Å². The van der Waals surface area contributed by atoms with E-state index in [4.69, 9.17) is 0 Å². The predicted octanol–water partition coefficient (Wildman–Crippen LogP) is 6.26. The van der Waals surface area contributed by atoms with Crippen molar-refractivity contribution in [2.75, 3.05) is 0 Å². The molecule has 0 unspecified atom stereocenters. The van der Waals surface area contributed by atoms with E-state index in [1.54, 1.807) is 0 Å². The van der Waals surface area contributed by atoms with Crippen molar-refractivity contribution in [2.45, 2.75) is 39.0 Å². The molecule has 0 radical (unpaired) electrons. The van der Waals surface area contributed by atoms with Gasteiger partial charge in [0.25, 0.3) is 0 Å². The second-order valence-electron chi connectivity index (χ2n) is 5.43. The van der Waals surface area contributed by atoms with Crippen molar-refractivity contribution in [1.29, 1.82) is 0 Å². The smallest absolute Gasteiger partial charge is 0.406 e. The van der Waals surface area contributed by atoms with Gasteiger partial charge in [0.2, 0.25) is 0 Å². The fraction of sp³-hybridized carbons (Fsp3) is 0.333. The number of rotatable bonds is 6. The van der Waals surface area contributed by atoms with Gasteiger partial charge in [-0.15, -0.1) is 13.2 Å². The monoisotopic (exact) mass is 344 g/mol. The van der Waals surface area contributed by atoms with Gasteiger partial charge < -0.3 is 4.74 Å². The Morgan fingerprint density at radius 3 is 2.12 bits per heavy atom. The zero-order valence-corrected chi connectivity index (χ0v) is 13.1. The van der Waals surface area contributed by atoms with E-state index in [0.717, 1.165) is 31.4 Å². The van der Waals surface area contributed by atoms with Crippen LogP contribution in [0.1, 0.15) is 31.7 Å². The predicted molar refractivity (Wildman–Crippen MR) is 81.7 cm³/mol. The van der Waals surface area contributed by atoms with Crippen LogP contribution in [0.3, 0.4) is 0 Å². The van der Waals surface area contributed by atoms with Gasteiger partial charge in [0.1, 0.15) is 5.75 Å². The number of alkyl halides is 3. The molecule has 0 N–H and O–H groups in total. The van der Waals surface area contributed by atoms with Crippen LogP contribution in [0.5, 0.6) is 5.75 Å². The van der Waals surface area contributed by atoms with Crippen molar-refractivity contribution < 1.29 is 26.7 Å². The lowest BCUT2D eigenvalue weighted by atomic mass is 10.00. The van der Waals surface area contributed by atoms with Gasteiger partial charge in [-0.3, -0.25) is 0 Å². The van der Waals surface area contributed by atoms with Gasteiger partial charge >= 0.3 is 6.36 Å². The molecule has 0 heterocycles. The topological polar surface area (TPSA) is 9.23 Å². The fourth-order valence-corrected chi connectivity index (χ4v) is 2.41. The second kappa shape index (κ2) is 7.64. The Hall–Kier alpha value is -2.11. The third-order valence-electron chi connectivity index (χ3n) is 3.61. The summed E-state index contributed by atoms with van der Waals surface area (Å²) in [4.78, 5) is 0. The Bertz CT molecular complexity index is 677. The Labute approximate surface area is 137 Å². The molecule has 0 aliphatic rings. The van der Waals surface area contributed by atoms with E-state index in [0.29, 0.717) is 12.0 Å². The molecule has 6 heteroatoms. The minimum absolute atomic E-state index is 0.00491. The third-order valence-corrected chi connectivity index (χ3v) is 3.61. The molecule has 130 valence electrons. The molecule has 2 rings (SSSR count). The summed E-state index contributed by atoms with van der Waals surface area (Å²) in [6.07, 6.45) is -1.65. The van der Waals surface area contributed by atoms with Crippen LogP contribution in [0.15, 0.2) is 36.4 Å². The fourth-order valence-electron chi connectivity index (χ4n) is 2.41. The van der Waals surface area contributed by atoms with Gasteiger partial charge in [0.05, 0.1) is 0 Å².